The zero-order valence-electron chi connectivity index (χ0n) is 16.9. The number of likely N-dealkylation sites (tertiary alicyclic amines) is 1. The molecule has 3 aliphatic heterocycles. The average Bonchev–Trinajstić information content (AvgIpc) is 3.38. The number of hydrogen-bond donors (Lipinski definition) is 2. The van der Waals surface area contributed by atoms with E-state index in [4.69, 9.17) is 11.6 Å². The van der Waals surface area contributed by atoms with Gasteiger partial charge in [-0.15, -0.1) is 18.3 Å². The maximum Gasteiger partial charge on any atom is 0.308 e. The molecular formula is C22H25ClN2O5S. The first-order valence-corrected chi connectivity index (χ1v) is 11.6. The molecule has 2 unspecified atom stereocenters. The van der Waals surface area contributed by atoms with Crippen LogP contribution in [0.5, 0.6) is 0 Å². The molecule has 2 bridgehead atoms. The fourth-order valence-corrected chi connectivity index (χ4v) is 7.75. The number of aliphatic carboxylic acids is 1. The van der Waals surface area contributed by atoms with Gasteiger partial charge in [0.05, 0.1) is 16.6 Å². The molecule has 166 valence electrons. The maximum atomic E-state index is 14.0. The Morgan fingerprint density at radius 1 is 1.35 bits per heavy atom. The highest BCUT2D eigenvalue weighted by Gasteiger charge is 2.73. The van der Waals surface area contributed by atoms with Crippen molar-refractivity contribution in [3.8, 4) is 0 Å². The smallest absolute Gasteiger partial charge is 0.308 e. The van der Waals surface area contributed by atoms with Gasteiger partial charge in [-0.25, -0.2) is 0 Å². The summed E-state index contributed by atoms with van der Waals surface area (Å²) >= 11 is 7.51. The number of hydrogen-bond acceptors (Lipinski definition) is 5. The van der Waals surface area contributed by atoms with Crippen LogP contribution in [0.1, 0.15) is 19.3 Å². The number of thioether (sulfide) groups is 1. The molecule has 7 nitrogen and oxygen atoms in total. The number of anilines is 1. The van der Waals surface area contributed by atoms with E-state index >= 15 is 0 Å². The zero-order valence-corrected chi connectivity index (χ0v) is 18.5. The largest absolute Gasteiger partial charge is 0.481 e. The molecule has 3 saturated heterocycles. The number of carbonyl (C=O) groups is 3. The van der Waals surface area contributed by atoms with Gasteiger partial charge in [-0.3, -0.25) is 14.4 Å². The number of carbonyl (C=O) groups excluding carboxylic acids is 2. The average molecular weight is 465 g/mol. The van der Waals surface area contributed by atoms with E-state index in [9.17, 15) is 24.6 Å². The molecule has 9 heteroatoms. The standard InChI is InChI=1S/C22H25ClN2O5S/c1-2-10-24(14-6-4-13(23)5-7-14)20(28)18-22-9-8-15(31-22)16(21(29)30)17(22)19(27)25(18)11-3-12-26/h2,4-7,15-18,26H,1,3,8-12H2,(H,29,30)/t15-,16+,17-,18?,22?/m0/s1. The summed E-state index contributed by atoms with van der Waals surface area (Å²) < 4.78 is -0.761. The van der Waals surface area contributed by atoms with E-state index in [1.165, 1.54) is 16.7 Å². The number of halogens is 1. The minimum Gasteiger partial charge on any atom is -0.481 e. The lowest BCUT2D eigenvalue weighted by atomic mass is 9.71. The molecule has 1 spiro atoms. The van der Waals surface area contributed by atoms with Gasteiger partial charge in [-0.2, -0.15) is 0 Å². The monoisotopic (exact) mass is 464 g/mol. The summed E-state index contributed by atoms with van der Waals surface area (Å²) in [5, 5.41) is 19.6. The van der Waals surface area contributed by atoms with Crippen molar-refractivity contribution in [3.05, 3.63) is 41.9 Å². The van der Waals surface area contributed by atoms with Crippen molar-refractivity contribution in [3.63, 3.8) is 0 Å². The van der Waals surface area contributed by atoms with Crippen molar-refractivity contribution in [2.45, 2.75) is 35.3 Å². The van der Waals surface area contributed by atoms with Crippen LogP contribution in [0.25, 0.3) is 0 Å². The van der Waals surface area contributed by atoms with Crippen LogP contribution in [0.2, 0.25) is 5.02 Å². The second-order valence-electron chi connectivity index (χ2n) is 8.22. The molecule has 3 aliphatic rings. The number of nitrogens with zero attached hydrogens (tertiary/aromatic N) is 2. The molecule has 4 rings (SSSR count). The van der Waals surface area contributed by atoms with Crippen molar-refractivity contribution >= 4 is 46.8 Å². The molecule has 2 N–H and O–H groups in total. The Hall–Kier alpha value is -2.03. The highest BCUT2D eigenvalue weighted by Crippen LogP contribution is 2.66. The normalized spacial score (nSPS) is 31.0. The van der Waals surface area contributed by atoms with E-state index in [1.54, 1.807) is 35.2 Å². The molecule has 31 heavy (non-hydrogen) atoms. The minimum atomic E-state index is -0.978. The van der Waals surface area contributed by atoms with Crippen molar-refractivity contribution in [1.29, 1.82) is 0 Å². The fraction of sp³-hybridized carbons (Fsp3) is 0.500. The molecule has 0 aromatic heterocycles. The third-order valence-corrected chi connectivity index (χ3v) is 8.80. The SMILES string of the molecule is C=CCN(C(=O)C1N(CCCO)C(=O)[C@@H]2[C@H](C(=O)O)[C@@H]3CCC12S3)c1ccc(Cl)cc1. The topological polar surface area (TPSA) is 98.2 Å². The third-order valence-electron chi connectivity index (χ3n) is 6.59. The first-order valence-electron chi connectivity index (χ1n) is 10.4. The van der Waals surface area contributed by atoms with Crippen LogP contribution in [0.4, 0.5) is 5.69 Å². The van der Waals surface area contributed by atoms with Crippen LogP contribution >= 0.6 is 23.4 Å². The number of benzene rings is 1. The van der Waals surface area contributed by atoms with E-state index in [1.807, 2.05) is 0 Å². The van der Waals surface area contributed by atoms with Gasteiger partial charge in [0.1, 0.15) is 6.04 Å². The summed E-state index contributed by atoms with van der Waals surface area (Å²) in [5.41, 5.74) is 0.635. The van der Waals surface area contributed by atoms with Crippen LogP contribution in [0, 0.1) is 11.8 Å². The predicted molar refractivity (Wildman–Crippen MR) is 119 cm³/mol. The van der Waals surface area contributed by atoms with Gasteiger partial charge in [0.2, 0.25) is 5.91 Å². The molecule has 1 aromatic rings. The van der Waals surface area contributed by atoms with Crippen molar-refractivity contribution in [1.82, 2.24) is 4.90 Å². The fourth-order valence-electron chi connectivity index (χ4n) is 5.42. The van der Waals surface area contributed by atoms with Crippen LogP contribution in [-0.4, -0.2) is 68.6 Å². The Morgan fingerprint density at radius 3 is 2.68 bits per heavy atom. The first kappa shape index (κ1) is 22.2. The summed E-state index contributed by atoms with van der Waals surface area (Å²) in [5.74, 6) is -3.03. The highest BCUT2D eigenvalue weighted by atomic mass is 35.5. The Bertz CT molecular complexity index is 910. The number of aliphatic hydroxyl groups excluding tert-OH is 1. The number of rotatable bonds is 8. The number of aliphatic hydroxyl groups is 1. The molecule has 3 heterocycles. The number of amides is 2. The molecule has 0 saturated carbocycles. The molecule has 5 atom stereocenters. The van der Waals surface area contributed by atoms with Gasteiger partial charge >= 0.3 is 5.97 Å². The van der Waals surface area contributed by atoms with Crippen molar-refractivity contribution in [2.24, 2.45) is 11.8 Å². The zero-order chi connectivity index (χ0) is 22.3. The van der Waals surface area contributed by atoms with Gasteiger partial charge in [0.25, 0.3) is 5.91 Å². The van der Waals surface area contributed by atoms with Gasteiger partial charge in [0.15, 0.2) is 0 Å². The molecule has 3 fully saturated rings. The predicted octanol–water partition coefficient (Wildman–Crippen LogP) is 2.42. The van der Waals surface area contributed by atoms with Crippen molar-refractivity contribution < 1.29 is 24.6 Å². The van der Waals surface area contributed by atoms with Crippen LogP contribution in [0.15, 0.2) is 36.9 Å². The Morgan fingerprint density at radius 2 is 2.06 bits per heavy atom. The second kappa shape index (κ2) is 8.48. The Kier molecular flexibility index (Phi) is 6.07. The Balaban J connectivity index is 1.76. The lowest BCUT2D eigenvalue weighted by molar-refractivity contribution is -0.148. The lowest BCUT2D eigenvalue weighted by Gasteiger charge is -2.37. The molecule has 1 aromatic carbocycles. The van der Waals surface area contributed by atoms with E-state index in [-0.39, 0.29) is 36.8 Å². The van der Waals surface area contributed by atoms with Crippen molar-refractivity contribution in [2.75, 3.05) is 24.6 Å². The highest BCUT2D eigenvalue weighted by molar-refractivity contribution is 8.02. The molecule has 0 aliphatic carbocycles. The minimum absolute atomic E-state index is 0.117. The van der Waals surface area contributed by atoms with E-state index in [2.05, 4.69) is 6.58 Å². The van der Waals surface area contributed by atoms with Gasteiger partial charge in [-0.1, -0.05) is 17.7 Å². The van der Waals surface area contributed by atoms with Crippen LogP contribution in [0.3, 0.4) is 0 Å². The molecular weight excluding hydrogens is 440 g/mol. The van der Waals surface area contributed by atoms with E-state index in [0.717, 1.165) is 0 Å². The number of fused-ring (bicyclic) bond motifs is 1. The van der Waals surface area contributed by atoms with E-state index < -0.39 is 28.6 Å². The van der Waals surface area contributed by atoms with Gasteiger partial charge < -0.3 is 20.0 Å². The first-order chi connectivity index (χ1) is 14.9. The molecule has 0 radical (unpaired) electrons. The number of carboxylic acid groups (broad SMARTS) is 1. The van der Waals surface area contributed by atoms with E-state index in [0.29, 0.717) is 30.0 Å². The molecule has 2 amide bonds. The maximum absolute atomic E-state index is 14.0. The van der Waals surface area contributed by atoms with Gasteiger partial charge in [-0.05, 0) is 43.5 Å². The quantitative estimate of drug-likeness (QED) is 0.573. The van der Waals surface area contributed by atoms with Crippen LogP contribution in [-0.2, 0) is 14.4 Å². The summed E-state index contributed by atoms with van der Waals surface area (Å²) in [6.07, 6.45) is 3.24. The lowest BCUT2D eigenvalue weighted by Crippen LogP contribution is -2.55. The third kappa shape index (κ3) is 3.45. The summed E-state index contributed by atoms with van der Waals surface area (Å²) in [4.78, 5) is 42.5. The second-order valence-corrected chi connectivity index (χ2v) is 10.3. The van der Waals surface area contributed by atoms with Gasteiger partial charge in [0, 0.05) is 35.7 Å². The number of carboxylic acids is 1. The van der Waals surface area contributed by atoms with Crippen LogP contribution < -0.4 is 4.90 Å². The summed E-state index contributed by atoms with van der Waals surface area (Å²) in [7, 11) is 0. The Labute approximate surface area is 190 Å². The summed E-state index contributed by atoms with van der Waals surface area (Å²) in [6, 6.07) is 6.09. The summed E-state index contributed by atoms with van der Waals surface area (Å²) in [6.45, 7) is 4.11.